The molecule has 0 aromatic heterocycles. The lowest BCUT2D eigenvalue weighted by Gasteiger charge is -2.31. The highest BCUT2D eigenvalue weighted by molar-refractivity contribution is 5.42. The Morgan fingerprint density at radius 3 is 2.95 bits per heavy atom. The first-order valence-corrected chi connectivity index (χ1v) is 6.78. The van der Waals surface area contributed by atoms with Crippen LogP contribution in [0.3, 0.4) is 0 Å². The van der Waals surface area contributed by atoms with E-state index in [4.69, 9.17) is 4.74 Å². The van der Waals surface area contributed by atoms with E-state index < -0.39 is 4.92 Å². The highest BCUT2D eigenvalue weighted by atomic mass is 16.6. The summed E-state index contributed by atoms with van der Waals surface area (Å²) in [5.41, 5.74) is 0.921. The zero-order valence-electron chi connectivity index (χ0n) is 11.6. The Hall–Kier alpha value is -1.66. The second-order valence-electron chi connectivity index (χ2n) is 5.22. The fourth-order valence-corrected chi connectivity index (χ4v) is 2.66. The number of rotatable bonds is 5. The highest BCUT2D eigenvalue weighted by Gasteiger charge is 2.20. The van der Waals surface area contributed by atoms with Crippen LogP contribution in [0.1, 0.15) is 18.4 Å². The summed E-state index contributed by atoms with van der Waals surface area (Å²) in [6.07, 6.45) is 2.10. The minimum absolute atomic E-state index is 0.0510. The average Bonchev–Trinajstić information content (AvgIpc) is 2.47. The maximum absolute atomic E-state index is 10.9. The third-order valence-corrected chi connectivity index (χ3v) is 3.67. The number of nitrogens with zero attached hydrogens (tertiary/aromatic N) is 2. The molecule has 110 valence electrons. The number of hydrogen-bond donors (Lipinski definition) is 1. The lowest BCUT2D eigenvalue weighted by atomic mass is 9.98. The summed E-state index contributed by atoms with van der Waals surface area (Å²) in [4.78, 5) is 12.7. The third kappa shape index (κ3) is 3.68. The van der Waals surface area contributed by atoms with Gasteiger partial charge in [-0.2, -0.15) is 0 Å². The molecule has 1 unspecified atom stereocenters. The van der Waals surface area contributed by atoms with Crippen molar-refractivity contribution >= 4 is 5.69 Å². The molecule has 6 nitrogen and oxygen atoms in total. The van der Waals surface area contributed by atoms with Crippen LogP contribution in [0.5, 0.6) is 5.75 Å². The van der Waals surface area contributed by atoms with E-state index in [9.17, 15) is 15.2 Å². The fourth-order valence-electron chi connectivity index (χ4n) is 2.66. The van der Waals surface area contributed by atoms with Crippen LogP contribution in [-0.2, 0) is 6.54 Å². The van der Waals surface area contributed by atoms with Crippen LogP contribution in [0.25, 0.3) is 0 Å². The Kier molecular flexibility index (Phi) is 4.92. The summed E-state index contributed by atoms with van der Waals surface area (Å²) in [7, 11) is 1.51. The maximum atomic E-state index is 10.9. The SMILES string of the molecule is COc1cc(CN2CCCC(CO)C2)cc([N+](=O)[O-])c1. The van der Waals surface area contributed by atoms with Gasteiger partial charge in [-0.05, 0) is 36.9 Å². The Bertz CT molecular complexity index is 478. The van der Waals surface area contributed by atoms with Gasteiger partial charge in [0.2, 0.25) is 0 Å². The summed E-state index contributed by atoms with van der Waals surface area (Å²) in [5, 5.41) is 20.2. The number of nitro benzene ring substituents is 1. The van der Waals surface area contributed by atoms with E-state index in [0.29, 0.717) is 18.2 Å². The second kappa shape index (κ2) is 6.67. The Morgan fingerprint density at radius 1 is 1.50 bits per heavy atom. The quantitative estimate of drug-likeness (QED) is 0.657. The van der Waals surface area contributed by atoms with E-state index in [1.807, 2.05) is 6.07 Å². The molecule has 6 heteroatoms. The molecule has 0 bridgehead atoms. The zero-order valence-corrected chi connectivity index (χ0v) is 11.6. The lowest BCUT2D eigenvalue weighted by Crippen LogP contribution is -2.36. The van der Waals surface area contributed by atoms with Gasteiger partial charge in [0.15, 0.2) is 0 Å². The molecular formula is C14H20N2O4. The molecule has 1 saturated heterocycles. The van der Waals surface area contributed by atoms with Gasteiger partial charge >= 0.3 is 0 Å². The van der Waals surface area contributed by atoms with Gasteiger partial charge in [0.05, 0.1) is 18.1 Å². The number of nitro groups is 1. The van der Waals surface area contributed by atoms with Crippen molar-refractivity contribution in [1.82, 2.24) is 4.90 Å². The molecule has 1 atom stereocenters. The van der Waals surface area contributed by atoms with E-state index in [2.05, 4.69) is 4.90 Å². The number of methoxy groups -OCH3 is 1. The Morgan fingerprint density at radius 2 is 2.30 bits per heavy atom. The molecule has 1 N–H and O–H groups in total. The second-order valence-corrected chi connectivity index (χ2v) is 5.22. The van der Waals surface area contributed by atoms with E-state index in [0.717, 1.165) is 31.5 Å². The van der Waals surface area contributed by atoms with Gasteiger partial charge in [-0.25, -0.2) is 0 Å². The van der Waals surface area contributed by atoms with Gasteiger partial charge in [0.25, 0.3) is 5.69 Å². The topological polar surface area (TPSA) is 75.8 Å². The Labute approximate surface area is 118 Å². The van der Waals surface area contributed by atoms with Crippen molar-refractivity contribution in [3.63, 3.8) is 0 Å². The molecule has 2 rings (SSSR count). The lowest BCUT2D eigenvalue weighted by molar-refractivity contribution is -0.385. The van der Waals surface area contributed by atoms with Crippen molar-refractivity contribution in [3.8, 4) is 5.75 Å². The number of piperidine rings is 1. The molecule has 0 spiro atoms. The van der Waals surface area contributed by atoms with E-state index in [1.165, 1.54) is 13.2 Å². The van der Waals surface area contributed by atoms with Gasteiger partial charge in [-0.15, -0.1) is 0 Å². The van der Waals surface area contributed by atoms with Gasteiger partial charge in [-0.1, -0.05) is 0 Å². The van der Waals surface area contributed by atoms with Crippen molar-refractivity contribution in [2.45, 2.75) is 19.4 Å². The monoisotopic (exact) mass is 280 g/mol. The predicted molar refractivity (Wildman–Crippen MR) is 74.7 cm³/mol. The molecule has 20 heavy (non-hydrogen) atoms. The molecular weight excluding hydrogens is 260 g/mol. The van der Waals surface area contributed by atoms with Crippen molar-refractivity contribution in [2.24, 2.45) is 5.92 Å². The Balaban J connectivity index is 2.11. The van der Waals surface area contributed by atoms with Crippen LogP contribution in [0.2, 0.25) is 0 Å². The number of non-ortho nitro benzene ring substituents is 1. The largest absolute Gasteiger partial charge is 0.496 e. The number of aliphatic hydroxyl groups excluding tert-OH is 1. The molecule has 1 aliphatic rings. The van der Waals surface area contributed by atoms with Gasteiger partial charge in [-0.3, -0.25) is 15.0 Å². The van der Waals surface area contributed by atoms with Gasteiger partial charge in [0.1, 0.15) is 5.75 Å². The minimum Gasteiger partial charge on any atom is -0.496 e. The minimum atomic E-state index is -0.404. The summed E-state index contributed by atoms with van der Waals surface area (Å²) in [6.45, 7) is 2.65. The molecule has 0 radical (unpaired) electrons. The standard InChI is InChI=1S/C14H20N2O4/c1-20-14-6-12(5-13(7-14)16(18)19)9-15-4-2-3-11(8-15)10-17/h5-7,11,17H,2-4,8-10H2,1H3. The first kappa shape index (κ1) is 14.7. The van der Waals surface area contributed by atoms with Crippen molar-refractivity contribution in [1.29, 1.82) is 0 Å². The van der Waals surface area contributed by atoms with Crippen molar-refractivity contribution < 1.29 is 14.8 Å². The number of aliphatic hydroxyl groups is 1. The summed E-state index contributed by atoms with van der Waals surface area (Å²) < 4.78 is 5.11. The van der Waals surface area contributed by atoms with Gasteiger partial charge < -0.3 is 9.84 Å². The first-order chi connectivity index (χ1) is 9.62. The molecule has 1 aromatic carbocycles. The van der Waals surface area contributed by atoms with Crippen molar-refractivity contribution in [3.05, 3.63) is 33.9 Å². The molecule has 1 heterocycles. The van der Waals surface area contributed by atoms with Crippen LogP contribution in [0.4, 0.5) is 5.69 Å². The van der Waals surface area contributed by atoms with Crippen molar-refractivity contribution in [2.75, 3.05) is 26.8 Å². The van der Waals surface area contributed by atoms with E-state index >= 15 is 0 Å². The molecule has 0 aliphatic carbocycles. The molecule has 1 aromatic rings. The van der Waals surface area contributed by atoms with Crippen LogP contribution in [0, 0.1) is 16.0 Å². The molecule has 0 amide bonds. The van der Waals surface area contributed by atoms with Gasteiger partial charge in [0, 0.05) is 25.8 Å². The molecule has 0 saturated carbocycles. The fraction of sp³-hybridized carbons (Fsp3) is 0.571. The molecule has 1 fully saturated rings. The van der Waals surface area contributed by atoms with Crippen LogP contribution in [0.15, 0.2) is 18.2 Å². The van der Waals surface area contributed by atoms with E-state index in [-0.39, 0.29) is 12.3 Å². The first-order valence-electron chi connectivity index (χ1n) is 6.78. The van der Waals surface area contributed by atoms with Crippen LogP contribution < -0.4 is 4.74 Å². The smallest absolute Gasteiger partial charge is 0.273 e. The third-order valence-electron chi connectivity index (χ3n) is 3.67. The zero-order chi connectivity index (χ0) is 14.5. The highest BCUT2D eigenvalue weighted by Crippen LogP contribution is 2.25. The number of hydrogen-bond acceptors (Lipinski definition) is 5. The van der Waals surface area contributed by atoms with Crippen LogP contribution >= 0.6 is 0 Å². The van der Waals surface area contributed by atoms with E-state index in [1.54, 1.807) is 6.07 Å². The summed E-state index contributed by atoms with van der Waals surface area (Å²) in [6, 6.07) is 4.84. The number of likely N-dealkylation sites (tertiary alicyclic amines) is 1. The average molecular weight is 280 g/mol. The number of ether oxygens (including phenoxy) is 1. The summed E-state index contributed by atoms with van der Waals surface area (Å²) >= 11 is 0. The molecule has 1 aliphatic heterocycles. The maximum Gasteiger partial charge on any atom is 0.273 e. The van der Waals surface area contributed by atoms with Crippen LogP contribution in [-0.4, -0.2) is 41.7 Å². The summed E-state index contributed by atoms with van der Waals surface area (Å²) in [5.74, 6) is 0.814. The predicted octanol–water partition coefficient (Wildman–Crippen LogP) is 1.81. The normalized spacial score (nSPS) is 19.8. The number of benzene rings is 1.